The van der Waals surface area contributed by atoms with Gasteiger partial charge in [0, 0.05) is 31.3 Å². The number of benzene rings is 1. The Morgan fingerprint density at radius 1 is 1.30 bits per heavy atom. The highest BCUT2D eigenvalue weighted by molar-refractivity contribution is 9.10. The Balaban J connectivity index is 1.98. The molecule has 0 N–H and O–H groups in total. The number of aromatic nitrogens is 2. The van der Waals surface area contributed by atoms with Gasteiger partial charge in [-0.05, 0) is 29.8 Å². The Hall–Kier alpha value is -1.82. The molecule has 1 aliphatic rings. The average molecular weight is 335 g/mol. The van der Waals surface area contributed by atoms with Crippen LogP contribution in [0, 0.1) is 0 Å². The first-order valence-corrected chi connectivity index (χ1v) is 7.13. The molecule has 2 amide bonds. The number of urea groups is 1. The molecule has 0 radical (unpaired) electrons. The summed E-state index contributed by atoms with van der Waals surface area (Å²) in [7, 11) is 3.69. The van der Waals surface area contributed by atoms with E-state index in [9.17, 15) is 4.79 Å². The molecule has 1 aliphatic heterocycles. The summed E-state index contributed by atoms with van der Waals surface area (Å²) < 4.78 is 2.77. The van der Waals surface area contributed by atoms with Crippen LogP contribution < -0.4 is 4.90 Å². The summed E-state index contributed by atoms with van der Waals surface area (Å²) >= 11 is 3.48. The SMILES string of the molecule is CN1Cc2cc(Br)ccc2N(Cc2ccn(C)n2)C1=O. The third-order valence-corrected chi connectivity index (χ3v) is 3.88. The number of hydrogen-bond acceptors (Lipinski definition) is 2. The van der Waals surface area contributed by atoms with Gasteiger partial charge >= 0.3 is 6.03 Å². The van der Waals surface area contributed by atoms with Gasteiger partial charge < -0.3 is 4.90 Å². The van der Waals surface area contributed by atoms with Gasteiger partial charge in [-0.1, -0.05) is 15.9 Å². The first kappa shape index (κ1) is 13.2. The van der Waals surface area contributed by atoms with E-state index in [0.717, 1.165) is 21.4 Å². The van der Waals surface area contributed by atoms with Gasteiger partial charge in [-0.3, -0.25) is 9.58 Å². The van der Waals surface area contributed by atoms with Gasteiger partial charge in [0.1, 0.15) is 0 Å². The number of rotatable bonds is 2. The molecular formula is C14H15BrN4O. The van der Waals surface area contributed by atoms with Crippen LogP contribution in [-0.2, 0) is 20.1 Å². The third-order valence-electron chi connectivity index (χ3n) is 3.39. The minimum atomic E-state index is 0.00507. The van der Waals surface area contributed by atoms with Crippen LogP contribution in [0.1, 0.15) is 11.3 Å². The zero-order valence-electron chi connectivity index (χ0n) is 11.4. The Bertz CT molecular complexity index is 667. The van der Waals surface area contributed by atoms with Crippen molar-refractivity contribution in [2.75, 3.05) is 11.9 Å². The zero-order valence-corrected chi connectivity index (χ0v) is 13.0. The number of amides is 2. The maximum absolute atomic E-state index is 12.4. The number of halogens is 1. The number of carbonyl (C=O) groups is 1. The van der Waals surface area contributed by atoms with Gasteiger partial charge in [-0.25, -0.2) is 4.79 Å². The van der Waals surface area contributed by atoms with E-state index < -0.39 is 0 Å². The Kier molecular flexibility index (Phi) is 3.25. The van der Waals surface area contributed by atoms with Gasteiger partial charge in [0.15, 0.2) is 0 Å². The van der Waals surface area contributed by atoms with E-state index in [-0.39, 0.29) is 6.03 Å². The predicted octanol–water partition coefficient (Wildman–Crippen LogP) is 2.75. The predicted molar refractivity (Wildman–Crippen MR) is 80.4 cm³/mol. The molecule has 2 aromatic rings. The summed E-state index contributed by atoms with van der Waals surface area (Å²) in [5.41, 5.74) is 2.98. The first-order valence-electron chi connectivity index (χ1n) is 6.34. The summed E-state index contributed by atoms with van der Waals surface area (Å²) in [6.07, 6.45) is 1.88. The van der Waals surface area contributed by atoms with Crippen molar-refractivity contribution < 1.29 is 4.79 Å². The monoisotopic (exact) mass is 334 g/mol. The number of fused-ring (bicyclic) bond motifs is 1. The highest BCUT2D eigenvalue weighted by Gasteiger charge is 2.28. The fraction of sp³-hybridized carbons (Fsp3) is 0.286. The Morgan fingerprint density at radius 2 is 2.10 bits per heavy atom. The van der Waals surface area contributed by atoms with Crippen LogP contribution in [0.3, 0.4) is 0 Å². The molecule has 0 saturated carbocycles. The lowest BCUT2D eigenvalue weighted by molar-refractivity contribution is 0.210. The second-order valence-corrected chi connectivity index (χ2v) is 5.89. The van der Waals surface area contributed by atoms with Crippen molar-refractivity contribution in [3.8, 4) is 0 Å². The lowest BCUT2D eigenvalue weighted by Crippen LogP contribution is -2.44. The molecular weight excluding hydrogens is 320 g/mol. The van der Waals surface area contributed by atoms with Gasteiger partial charge in [0.2, 0.25) is 0 Å². The van der Waals surface area contributed by atoms with Crippen LogP contribution in [0.15, 0.2) is 34.9 Å². The van der Waals surface area contributed by atoms with Crippen LogP contribution >= 0.6 is 15.9 Å². The van der Waals surface area contributed by atoms with Crippen molar-refractivity contribution in [1.82, 2.24) is 14.7 Å². The summed E-state index contributed by atoms with van der Waals surface area (Å²) in [5, 5.41) is 4.35. The van der Waals surface area contributed by atoms with Crippen molar-refractivity contribution in [1.29, 1.82) is 0 Å². The fourth-order valence-electron chi connectivity index (χ4n) is 2.44. The highest BCUT2D eigenvalue weighted by Crippen LogP contribution is 2.31. The number of nitrogens with zero attached hydrogens (tertiary/aromatic N) is 4. The molecule has 0 fully saturated rings. The largest absolute Gasteiger partial charge is 0.324 e. The van der Waals surface area contributed by atoms with E-state index in [1.165, 1.54) is 0 Å². The van der Waals surface area contributed by atoms with Crippen LogP contribution in [0.2, 0.25) is 0 Å². The van der Waals surface area contributed by atoms with Crippen LogP contribution in [0.5, 0.6) is 0 Å². The van der Waals surface area contributed by atoms with Crippen LogP contribution in [0.4, 0.5) is 10.5 Å². The zero-order chi connectivity index (χ0) is 14.3. The maximum Gasteiger partial charge on any atom is 0.324 e. The highest BCUT2D eigenvalue weighted by atomic mass is 79.9. The standard InChI is InChI=1S/C14H15BrN4O/c1-17-8-10-7-11(15)3-4-13(10)19(14(17)20)9-12-5-6-18(2)16-12/h3-7H,8-9H2,1-2H3. The Labute approximate surface area is 125 Å². The summed E-state index contributed by atoms with van der Waals surface area (Å²) in [4.78, 5) is 15.9. The molecule has 3 rings (SSSR count). The number of anilines is 1. The van der Waals surface area contributed by atoms with Gasteiger partial charge in [-0.15, -0.1) is 0 Å². The first-order chi connectivity index (χ1) is 9.54. The maximum atomic E-state index is 12.4. The number of aryl methyl sites for hydroxylation is 1. The second kappa shape index (κ2) is 4.94. The minimum absolute atomic E-state index is 0.00507. The summed E-state index contributed by atoms with van der Waals surface area (Å²) in [6.45, 7) is 1.12. The molecule has 5 nitrogen and oxygen atoms in total. The lowest BCUT2D eigenvalue weighted by Gasteiger charge is -2.34. The molecule has 20 heavy (non-hydrogen) atoms. The molecule has 0 atom stereocenters. The molecule has 1 aromatic carbocycles. The third kappa shape index (κ3) is 2.31. The Morgan fingerprint density at radius 3 is 2.80 bits per heavy atom. The van der Waals surface area contributed by atoms with Crippen molar-refractivity contribution in [2.24, 2.45) is 7.05 Å². The van der Waals surface area contributed by atoms with Gasteiger partial charge in [-0.2, -0.15) is 5.10 Å². The van der Waals surface area contributed by atoms with Crippen molar-refractivity contribution in [3.63, 3.8) is 0 Å². The van der Waals surface area contributed by atoms with E-state index in [2.05, 4.69) is 27.1 Å². The average Bonchev–Trinajstić information content (AvgIpc) is 2.80. The normalized spacial score (nSPS) is 14.7. The molecule has 0 aliphatic carbocycles. The van der Waals surface area contributed by atoms with Gasteiger partial charge in [0.05, 0.1) is 17.9 Å². The molecule has 104 valence electrons. The van der Waals surface area contributed by atoms with Crippen molar-refractivity contribution in [3.05, 3.63) is 46.2 Å². The quantitative estimate of drug-likeness (QED) is 0.847. The number of hydrogen-bond donors (Lipinski definition) is 0. The molecule has 0 bridgehead atoms. The molecule has 0 saturated heterocycles. The molecule has 6 heteroatoms. The van der Waals surface area contributed by atoms with E-state index in [1.54, 1.807) is 14.5 Å². The van der Waals surface area contributed by atoms with E-state index in [0.29, 0.717) is 13.1 Å². The summed E-state index contributed by atoms with van der Waals surface area (Å²) in [5.74, 6) is 0. The van der Waals surface area contributed by atoms with E-state index in [4.69, 9.17) is 0 Å². The number of carbonyl (C=O) groups excluding carboxylic acids is 1. The molecule has 2 heterocycles. The van der Waals surface area contributed by atoms with Crippen molar-refractivity contribution >= 4 is 27.6 Å². The molecule has 1 aromatic heterocycles. The minimum Gasteiger partial charge on any atom is -0.323 e. The second-order valence-electron chi connectivity index (χ2n) is 4.98. The fourth-order valence-corrected chi connectivity index (χ4v) is 2.85. The smallest absolute Gasteiger partial charge is 0.323 e. The van der Waals surface area contributed by atoms with E-state index >= 15 is 0 Å². The lowest BCUT2D eigenvalue weighted by atomic mass is 10.1. The van der Waals surface area contributed by atoms with Crippen LogP contribution in [0.25, 0.3) is 0 Å². The van der Waals surface area contributed by atoms with Gasteiger partial charge in [0.25, 0.3) is 0 Å². The van der Waals surface area contributed by atoms with Crippen LogP contribution in [-0.4, -0.2) is 27.8 Å². The summed E-state index contributed by atoms with van der Waals surface area (Å²) in [6, 6.07) is 7.94. The van der Waals surface area contributed by atoms with Crippen molar-refractivity contribution in [2.45, 2.75) is 13.1 Å². The molecule has 0 unspecified atom stereocenters. The molecule has 0 spiro atoms. The topological polar surface area (TPSA) is 41.4 Å². The van der Waals surface area contributed by atoms with E-state index in [1.807, 2.05) is 38.5 Å².